The molecule has 0 radical (unpaired) electrons. The molecule has 4 heterocycles. The Morgan fingerprint density at radius 2 is 1.91 bits per heavy atom. The third-order valence-electron chi connectivity index (χ3n) is 5.32. The molecule has 0 saturated heterocycles. The number of carbonyl (C=O) groups is 1. The Morgan fingerprint density at radius 3 is 2.79 bits per heavy atom. The highest BCUT2D eigenvalue weighted by Crippen LogP contribution is 2.34. The number of nitrogens with zero attached hydrogens (tertiary/aromatic N) is 5. The molecule has 0 spiro atoms. The summed E-state index contributed by atoms with van der Waals surface area (Å²) in [5.74, 6) is 1.34. The zero-order valence-electron chi connectivity index (χ0n) is 17.6. The van der Waals surface area contributed by atoms with Gasteiger partial charge in [-0.05, 0) is 25.1 Å². The summed E-state index contributed by atoms with van der Waals surface area (Å²) >= 11 is 1.31. The molecule has 0 aliphatic carbocycles. The summed E-state index contributed by atoms with van der Waals surface area (Å²) in [7, 11) is 0. The van der Waals surface area contributed by atoms with Crippen LogP contribution in [-0.4, -0.2) is 42.7 Å². The van der Waals surface area contributed by atoms with E-state index in [1.807, 2.05) is 22.9 Å². The van der Waals surface area contributed by atoms with E-state index in [9.17, 15) is 4.79 Å². The lowest BCUT2D eigenvalue weighted by Crippen LogP contribution is -2.14. The Hall–Kier alpha value is -4.05. The summed E-state index contributed by atoms with van der Waals surface area (Å²) in [6.45, 7) is 2.25. The van der Waals surface area contributed by atoms with Crippen LogP contribution in [0.3, 0.4) is 0 Å². The van der Waals surface area contributed by atoms with Gasteiger partial charge in [-0.15, -0.1) is 10.2 Å². The summed E-state index contributed by atoms with van der Waals surface area (Å²) in [6.07, 6.45) is 3.71. The molecule has 0 saturated carbocycles. The Labute approximate surface area is 192 Å². The fourth-order valence-electron chi connectivity index (χ4n) is 3.66. The number of anilines is 1. The van der Waals surface area contributed by atoms with Crippen LogP contribution in [0.4, 0.5) is 5.69 Å². The van der Waals surface area contributed by atoms with Gasteiger partial charge in [-0.25, -0.2) is 4.52 Å². The third kappa shape index (κ3) is 3.64. The van der Waals surface area contributed by atoms with Crippen molar-refractivity contribution in [2.24, 2.45) is 0 Å². The molecule has 9 nitrogen and oxygen atoms in total. The van der Waals surface area contributed by atoms with E-state index in [0.717, 1.165) is 16.8 Å². The molecular formula is C23H18N6O3S. The van der Waals surface area contributed by atoms with Gasteiger partial charge in [0.25, 0.3) is 0 Å². The molecule has 164 valence electrons. The molecule has 3 aromatic heterocycles. The van der Waals surface area contributed by atoms with E-state index < -0.39 is 0 Å². The van der Waals surface area contributed by atoms with Crippen molar-refractivity contribution < 1.29 is 14.3 Å². The molecule has 1 aliphatic rings. The predicted molar refractivity (Wildman–Crippen MR) is 124 cm³/mol. The molecule has 0 fully saturated rings. The maximum atomic E-state index is 12.5. The van der Waals surface area contributed by atoms with Crippen LogP contribution < -0.4 is 14.8 Å². The summed E-state index contributed by atoms with van der Waals surface area (Å²) in [6, 6.07) is 15.5. The van der Waals surface area contributed by atoms with E-state index in [0.29, 0.717) is 28.0 Å². The zero-order valence-corrected chi connectivity index (χ0v) is 18.4. The molecule has 1 amide bonds. The topological polar surface area (TPSA) is 95.0 Å². The van der Waals surface area contributed by atoms with Crippen LogP contribution in [0.1, 0.15) is 5.56 Å². The van der Waals surface area contributed by atoms with Crippen LogP contribution in [0.15, 0.2) is 66.1 Å². The van der Waals surface area contributed by atoms with E-state index >= 15 is 0 Å². The average Bonchev–Trinajstić information content (AvgIpc) is 3.55. The number of thioether (sulfide) groups is 1. The lowest BCUT2D eigenvalue weighted by molar-refractivity contribution is -0.113. The van der Waals surface area contributed by atoms with Crippen LogP contribution in [0, 0.1) is 6.92 Å². The summed E-state index contributed by atoms with van der Waals surface area (Å²) in [5, 5.41) is 16.8. The largest absolute Gasteiger partial charge is 0.454 e. The van der Waals surface area contributed by atoms with Gasteiger partial charge in [-0.2, -0.15) is 5.10 Å². The van der Waals surface area contributed by atoms with Crippen LogP contribution in [0.5, 0.6) is 11.5 Å². The number of fused-ring (bicyclic) bond motifs is 4. The van der Waals surface area contributed by atoms with Crippen molar-refractivity contribution in [1.29, 1.82) is 0 Å². The van der Waals surface area contributed by atoms with E-state index in [4.69, 9.17) is 9.47 Å². The van der Waals surface area contributed by atoms with Crippen molar-refractivity contribution in [3.8, 4) is 22.8 Å². The van der Waals surface area contributed by atoms with Gasteiger partial charge < -0.3 is 14.8 Å². The van der Waals surface area contributed by atoms with E-state index in [2.05, 4.69) is 51.8 Å². The lowest BCUT2D eigenvalue weighted by atomic mass is 10.1. The number of nitrogens with one attached hydrogen (secondary N) is 1. The first-order valence-corrected chi connectivity index (χ1v) is 11.2. The van der Waals surface area contributed by atoms with Crippen molar-refractivity contribution in [2.75, 3.05) is 17.9 Å². The molecule has 0 unspecified atom stereocenters. The highest BCUT2D eigenvalue weighted by atomic mass is 32.2. The third-order valence-corrected chi connectivity index (χ3v) is 6.27. The number of carbonyl (C=O) groups excluding carboxylic acids is 1. The number of hydrogen-bond donors (Lipinski definition) is 1. The maximum absolute atomic E-state index is 12.5. The Bertz CT molecular complexity index is 1510. The maximum Gasteiger partial charge on any atom is 0.234 e. The van der Waals surface area contributed by atoms with Gasteiger partial charge in [-0.1, -0.05) is 41.6 Å². The van der Waals surface area contributed by atoms with Crippen LogP contribution in [0.25, 0.3) is 22.4 Å². The molecule has 0 atom stereocenters. The first-order chi connectivity index (χ1) is 16.1. The fraction of sp³-hybridized carbons (Fsp3) is 0.130. The van der Waals surface area contributed by atoms with Gasteiger partial charge in [0.15, 0.2) is 22.3 Å². The second-order valence-corrected chi connectivity index (χ2v) is 8.55. The molecule has 2 aromatic carbocycles. The standard InChI is InChI=1S/C23H18N6O3S/c1-14-2-4-15(5-3-14)17-11-18-22-25-26-23(28(22)8-9-29(18)27-17)33-12-21(30)24-16-6-7-19-20(10-16)32-13-31-19/h2-11H,12-13H2,1H3,(H,24,30). The van der Waals surface area contributed by atoms with Crippen molar-refractivity contribution >= 4 is 34.5 Å². The van der Waals surface area contributed by atoms with Crippen molar-refractivity contribution in [2.45, 2.75) is 12.1 Å². The highest BCUT2D eigenvalue weighted by Gasteiger charge is 2.16. The Morgan fingerprint density at radius 1 is 1.06 bits per heavy atom. The van der Waals surface area contributed by atoms with Crippen molar-refractivity contribution in [3.63, 3.8) is 0 Å². The molecule has 33 heavy (non-hydrogen) atoms. The second kappa shape index (κ2) is 7.82. The van der Waals surface area contributed by atoms with E-state index in [1.54, 1.807) is 22.7 Å². The molecule has 0 bridgehead atoms. The first kappa shape index (κ1) is 19.6. The van der Waals surface area contributed by atoms with Crippen LogP contribution in [-0.2, 0) is 4.79 Å². The van der Waals surface area contributed by atoms with Gasteiger partial charge in [0.2, 0.25) is 12.7 Å². The number of aromatic nitrogens is 5. The number of ether oxygens (including phenoxy) is 2. The minimum atomic E-state index is -0.150. The van der Waals surface area contributed by atoms with Gasteiger partial charge in [0, 0.05) is 29.7 Å². The first-order valence-electron chi connectivity index (χ1n) is 10.3. The summed E-state index contributed by atoms with van der Waals surface area (Å²) in [5.41, 5.74) is 5.28. The SMILES string of the molecule is Cc1ccc(-c2cc3c4nnc(SCC(=O)Nc5ccc6c(c5)OCO6)n4ccn3n2)cc1. The summed E-state index contributed by atoms with van der Waals surface area (Å²) < 4.78 is 14.3. The number of amides is 1. The number of rotatable bonds is 5. The van der Waals surface area contributed by atoms with E-state index in [1.165, 1.54) is 17.3 Å². The molecule has 6 rings (SSSR count). The normalized spacial score (nSPS) is 12.5. The minimum absolute atomic E-state index is 0.150. The van der Waals surface area contributed by atoms with Gasteiger partial charge in [0.1, 0.15) is 5.52 Å². The molecule has 10 heteroatoms. The van der Waals surface area contributed by atoms with Crippen molar-refractivity contribution in [1.82, 2.24) is 24.2 Å². The molecular weight excluding hydrogens is 440 g/mol. The number of hydrogen-bond acceptors (Lipinski definition) is 7. The Balaban J connectivity index is 1.20. The fourth-order valence-corrected chi connectivity index (χ4v) is 4.37. The smallest absolute Gasteiger partial charge is 0.234 e. The molecule has 5 aromatic rings. The number of benzene rings is 2. The quantitative estimate of drug-likeness (QED) is 0.400. The zero-order chi connectivity index (χ0) is 22.4. The van der Waals surface area contributed by atoms with Gasteiger partial charge in [-0.3, -0.25) is 9.20 Å². The lowest BCUT2D eigenvalue weighted by Gasteiger charge is -2.05. The van der Waals surface area contributed by atoms with Crippen molar-refractivity contribution in [3.05, 3.63) is 66.5 Å². The second-order valence-electron chi connectivity index (χ2n) is 7.60. The molecule has 1 aliphatic heterocycles. The molecule has 1 N–H and O–H groups in total. The van der Waals surface area contributed by atoms with Crippen LogP contribution in [0.2, 0.25) is 0 Å². The van der Waals surface area contributed by atoms with Crippen LogP contribution >= 0.6 is 11.8 Å². The average molecular weight is 459 g/mol. The van der Waals surface area contributed by atoms with Gasteiger partial charge >= 0.3 is 0 Å². The Kier molecular flexibility index (Phi) is 4.65. The monoisotopic (exact) mass is 458 g/mol. The van der Waals surface area contributed by atoms with Gasteiger partial charge in [0.05, 0.1) is 11.4 Å². The van der Waals surface area contributed by atoms with E-state index in [-0.39, 0.29) is 18.5 Å². The predicted octanol–water partition coefficient (Wildman–Crippen LogP) is 3.81. The highest BCUT2D eigenvalue weighted by molar-refractivity contribution is 7.99. The minimum Gasteiger partial charge on any atom is -0.454 e. The number of aryl methyl sites for hydroxylation is 1. The summed E-state index contributed by atoms with van der Waals surface area (Å²) in [4.78, 5) is 12.5.